The van der Waals surface area contributed by atoms with Crippen LogP contribution in [-0.2, 0) is 9.53 Å². The van der Waals surface area contributed by atoms with Gasteiger partial charge in [0.1, 0.15) is 0 Å². The number of halogens is 3. The second-order valence-electron chi connectivity index (χ2n) is 4.29. The summed E-state index contributed by atoms with van der Waals surface area (Å²) in [7, 11) is 0. The van der Waals surface area contributed by atoms with E-state index in [1.165, 1.54) is 0 Å². The molecular formula is C13H14ClF2NO3. The predicted molar refractivity (Wildman–Crippen MR) is 69.5 cm³/mol. The van der Waals surface area contributed by atoms with Crippen LogP contribution in [0.5, 0.6) is 0 Å². The predicted octanol–water partition coefficient (Wildman–Crippen LogP) is 2.69. The Bertz CT molecular complexity index is 521. The first kappa shape index (κ1) is 16.4. The van der Waals surface area contributed by atoms with Crippen LogP contribution in [0.15, 0.2) is 12.1 Å². The quantitative estimate of drug-likeness (QED) is 0.672. The minimum Gasteiger partial charge on any atom is -0.463 e. The highest BCUT2D eigenvalue weighted by Gasteiger charge is 2.15. The molecule has 0 aliphatic heterocycles. The Hall–Kier alpha value is -1.69. The highest BCUT2D eigenvalue weighted by atomic mass is 35.5. The van der Waals surface area contributed by atoms with Crippen LogP contribution in [0.1, 0.15) is 30.6 Å². The second kappa shape index (κ2) is 7.19. The third-order valence-electron chi connectivity index (χ3n) is 2.24. The van der Waals surface area contributed by atoms with Crippen LogP contribution >= 0.6 is 11.6 Å². The highest BCUT2D eigenvalue weighted by Crippen LogP contribution is 2.19. The van der Waals surface area contributed by atoms with Crippen LogP contribution in [-0.4, -0.2) is 24.5 Å². The van der Waals surface area contributed by atoms with E-state index in [2.05, 4.69) is 5.32 Å². The van der Waals surface area contributed by atoms with Gasteiger partial charge in [0.25, 0.3) is 5.91 Å². The van der Waals surface area contributed by atoms with Crippen molar-refractivity contribution in [2.45, 2.75) is 26.4 Å². The SMILES string of the molecule is CC(C)OC(=O)CCNC(=O)c1cc(F)c(F)cc1Cl. The Balaban J connectivity index is 2.56. The lowest BCUT2D eigenvalue weighted by Gasteiger charge is -2.09. The van der Waals surface area contributed by atoms with Gasteiger partial charge in [-0.25, -0.2) is 8.78 Å². The number of hydrogen-bond donors (Lipinski definition) is 1. The summed E-state index contributed by atoms with van der Waals surface area (Å²) in [5.41, 5.74) is -0.192. The molecular weight excluding hydrogens is 292 g/mol. The van der Waals surface area contributed by atoms with Gasteiger partial charge in [0, 0.05) is 6.54 Å². The Morgan fingerprint density at radius 2 is 1.90 bits per heavy atom. The molecule has 1 aromatic rings. The summed E-state index contributed by atoms with van der Waals surface area (Å²) in [5.74, 6) is -3.45. The zero-order chi connectivity index (χ0) is 15.3. The van der Waals surface area contributed by atoms with E-state index in [1.807, 2.05) is 0 Å². The van der Waals surface area contributed by atoms with Gasteiger partial charge in [-0.2, -0.15) is 0 Å². The molecule has 0 aliphatic carbocycles. The summed E-state index contributed by atoms with van der Waals surface area (Å²) in [5, 5.41) is 2.17. The molecule has 0 aliphatic rings. The number of esters is 1. The van der Waals surface area contributed by atoms with Crippen molar-refractivity contribution in [3.8, 4) is 0 Å². The van der Waals surface area contributed by atoms with Crippen molar-refractivity contribution in [3.63, 3.8) is 0 Å². The number of hydrogen-bond acceptors (Lipinski definition) is 3. The van der Waals surface area contributed by atoms with E-state index in [9.17, 15) is 18.4 Å². The topological polar surface area (TPSA) is 55.4 Å². The molecule has 110 valence electrons. The Kier molecular flexibility index (Phi) is 5.88. The van der Waals surface area contributed by atoms with Crippen molar-refractivity contribution in [1.82, 2.24) is 5.32 Å². The second-order valence-corrected chi connectivity index (χ2v) is 4.70. The molecule has 0 aromatic heterocycles. The summed E-state index contributed by atoms with van der Waals surface area (Å²) in [6.45, 7) is 3.43. The van der Waals surface area contributed by atoms with Gasteiger partial charge in [-0.1, -0.05) is 11.6 Å². The standard InChI is InChI=1S/C13H14ClF2NO3/c1-7(2)20-12(18)3-4-17-13(19)8-5-10(15)11(16)6-9(8)14/h5-7H,3-4H2,1-2H3,(H,17,19). The number of benzene rings is 1. The van der Waals surface area contributed by atoms with Gasteiger partial charge in [0.15, 0.2) is 11.6 Å². The third kappa shape index (κ3) is 4.77. The number of carbonyl (C=O) groups is 2. The molecule has 0 heterocycles. The van der Waals surface area contributed by atoms with Gasteiger partial charge in [0.2, 0.25) is 0 Å². The van der Waals surface area contributed by atoms with E-state index in [-0.39, 0.29) is 29.7 Å². The van der Waals surface area contributed by atoms with Crippen LogP contribution < -0.4 is 5.32 Å². The van der Waals surface area contributed by atoms with E-state index in [0.29, 0.717) is 6.07 Å². The minimum absolute atomic E-state index is 0.0136. The average Bonchev–Trinajstić information content (AvgIpc) is 2.32. The van der Waals surface area contributed by atoms with Crippen LogP contribution in [0.4, 0.5) is 8.78 Å². The Morgan fingerprint density at radius 1 is 1.30 bits per heavy atom. The van der Waals surface area contributed by atoms with Crippen molar-refractivity contribution in [1.29, 1.82) is 0 Å². The zero-order valence-electron chi connectivity index (χ0n) is 11.0. The van der Waals surface area contributed by atoms with Gasteiger partial charge in [-0.3, -0.25) is 9.59 Å². The van der Waals surface area contributed by atoms with Crippen molar-refractivity contribution >= 4 is 23.5 Å². The lowest BCUT2D eigenvalue weighted by atomic mass is 10.2. The fraction of sp³-hybridized carbons (Fsp3) is 0.385. The first-order valence-electron chi connectivity index (χ1n) is 5.93. The van der Waals surface area contributed by atoms with Gasteiger partial charge in [-0.15, -0.1) is 0 Å². The third-order valence-corrected chi connectivity index (χ3v) is 2.55. The first-order valence-corrected chi connectivity index (χ1v) is 6.31. The van der Waals surface area contributed by atoms with Crippen molar-refractivity contribution in [3.05, 3.63) is 34.4 Å². The van der Waals surface area contributed by atoms with Crippen molar-refractivity contribution in [2.24, 2.45) is 0 Å². The molecule has 0 radical (unpaired) electrons. The van der Waals surface area contributed by atoms with Crippen LogP contribution in [0.25, 0.3) is 0 Å². The molecule has 7 heteroatoms. The van der Waals surface area contributed by atoms with Crippen LogP contribution in [0, 0.1) is 11.6 Å². The van der Waals surface area contributed by atoms with E-state index in [0.717, 1.165) is 6.07 Å². The molecule has 0 saturated heterocycles. The Morgan fingerprint density at radius 3 is 2.50 bits per heavy atom. The van der Waals surface area contributed by atoms with Gasteiger partial charge < -0.3 is 10.1 Å². The molecule has 0 spiro atoms. The van der Waals surface area contributed by atoms with Crippen LogP contribution in [0.2, 0.25) is 5.02 Å². The maximum atomic E-state index is 13.0. The summed E-state index contributed by atoms with van der Waals surface area (Å²) in [4.78, 5) is 22.9. The lowest BCUT2D eigenvalue weighted by Crippen LogP contribution is -2.27. The first-order chi connectivity index (χ1) is 9.31. The summed E-state index contributed by atoms with van der Waals surface area (Å²) in [6, 6.07) is 1.43. The minimum atomic E-state index is -1.17. The normalized spacial score (nSPS) is 10.5. The number of nitrogens with one attached hydrogen (secondary N) is 1. The van der Waals surface area contributed by atoms with Crippen molar-refractivity contribution in [2.75, 3.05) is 6.54 Å². The molecule has 0 bridgehead atoms. The summed E-state index contributed by atoms with van der Waals surface area (Å²) < 4.78 is 30.7. The van der Waals surface area contributed by atoms with E-state index < -0.39 is 23.5 Å². The lowest BCUT2D eigenvalue weighted by molar-refractivity contribution is -0.147. The maximum Gasteiger partial charge on any atom is 0.307 e. The summed E-state index contributed by atoms with van der Waals surface area (Å²) in [6.07, 6.45) is -0.260. The molecule has 20 heavy (non-hydrogen) atoms. The number of amides is 1. The fourth-order valence-electron chi connectivity index (χ4n) is 1.39. The molecule has 0 unspecified atom stereocenters. The molecule has 1 N–H and O–H groups in total. The van der Waals surface area contributed by atoms with Gasteiger partial charge >= 0.3 is 5.97 Å². The van der Waals surface area contributed by atoms with Crippen LogP contribution in [0.3, 0.4) is 0 Å². The molecule has 1 aromatic carbocycles. The largest absolute Gasteiger partial charge is 0.463 e. The monoisotopic (exact) mass is 305 g/mol. The highest BCUT2D eigenvalue weighted by molar-refractivity contribution is 6.33. The number of carbonyl (C=O) groups excluding carboxylic acids is 2. The van der Waals surface area contributed by atoms with E-state index >= 15 is 0 Å². The summed E-state index contributed by atoms with van der Waals surface area (Å²) >= 11 is 5.65. The van der Waals surface area contributed by atoms with Crippen molar-refractivity contribution < 1.29 is 23.1 Å². The fourth-order valence-corrected chi connectivity index (χ4v) is 1.63. The van der Waals surface area contributed by atoms with Gasteiger partial charge in [-0.05, 0) is 26.0 Å². The van der Waals surface area contributed by atoms with Gasteiger partial charge in [0.05, 0.1) is 23.1 Å². The number of rotatable bonds is 5. The molecule has 0 atom stereocenters. The molecule has 1 amide bonds. The smallest absolute Gasteiger partial charge is 0.307 e. The van der Waals surface area contributed by atoms with E-state index in [4.69, 9.17) is 16.3 Å². The Labute approximate surface area is 120 Å². The molecule has 4 nitrogen and oxygen atoms in total. The average molecular weight is 306 g/mol. The molecule has 0 fully saturated rings. The maximum absolute atomic E-state index is 13.0. The number of ether oxygens (including phenoxy) is 1. The van der Waals surface area contributed by atoms with E-state index in [1.54, 1.807) is 13.8 Å². The molecule has 1 rings (SSSR count). The molecule has 0 saturated carbocycles. The zero-order valence-corrected chi connectivity index (χ0v) is 11.8.